The number of alkyl halides is 3. The van der Waals surface area contributed by atoms with E-state index in [1.807, 2.05) is 0 Å². The fourth-order valence-corrected chi connectivity index (χ4v) is 4.13. The molecule has 0 amide bonds. The summed E-state index contributed by atoms with van der Waals surface area (Å²) in [6, 6.07) is 16.5. The first kappa shape index (κ1) is 25.1. The Morgan fingerprint density at radius 1 is 1.00 bits per heavy atom. The van der Waals surface area contributed by atoms with Crippen LogP contribution in [0.1, 0.15) is 28.5 Å². The number of ether oxygens (including phenoxy) is 2. The van der Waals surface area contributed by atoms with Gasteiger partial charge in [-0.2, -0.15) is 0 Å². The van der Waals surface area contributed by atoms with Gasteiger partial charge in [-0.15, -0.1) is 13.2 Å². The Kier molecular flexibility index (Phi) is 6.69. The van der Waals surface area contributed by atoms with E-state index in [4.69, 9.17) is 21.4 Å². The Morgan fingerprint density at radius 3 is 2.39 bits per heavy atom. The smallest absolute Gasteiger partial charge is 0.479 e. The largest absolute Gasteiger partial charge is 0.573 e. The SMILES string of the molecule is Cc1c(C(=O)c2cccc(Cl)c2)c2ccc(OC(F)(F)F)cc2n1-c1cccc(O[C@H](C)C(=O)O)c1. The number of carbonyl (C=O) groups is 2. The van der Waals surface area contributed by atoms with Crippen molar-refractivity contribution in [3.05, 3.63) is 88.6 Å². The molecule has 0 aliphatic rings. The van der Waals surface area contributed by atoms with Crippen LogP contribution in [0.25, 0.3) is 16.6 Å². The minimum atomic E-state index is -4.90. The van der Waals surface area contributed by atoms with Crippen molar-refractivity contribution in [2.45, 2.75) is 26.3 Å². The molecule has 0 radical (unpaired) electrons. The molecule has 0 unspecified atom stereocenters. The van der Waals surface area contributed by atoms with Gasteiger partial charge in [0.05, 0.1) is 11.1 Å². The van der Waals surface area contributed by atoms with Gasteiger partial charge in [-0.1, -0.05) is 29.8 Å². The zero-order valence-electron chi connectivity index (χ0n) is 19.0. The molecule has 0 fully saturated rings. The molecule has 4 rings (SSSR count). The first-order valence-electron chi connectivity index (χ1n) is 10.7. The van der Waals surface area contributed by atoms with Gasteiger partial charge in [-0.05, 0) is 50.2 Å². The third kappa shape index (κ3) is 5.16. The van der Waals surface area contributed by atoms with Crippen molar-refractivity contribution < 1.29 is 37.3 Å². The van der Waals surface area contributed by atoms with Crippen LogP contribution in [0, 0.1) is 6.92 Å². The number of ketones is 1. The first-order chi connectivity index (χ1) is 16.9. The molecule has 36 heavy (non-hydrogen) atoms. The third-order valence-corrected chi connectivity index (χ3v) is 5.70. The lowest BCUT2D eigenvalue weighted by molar-refractivity contribution is -0.274. The highest BCUT2D eigenvalue weighted by molar-refractivity contribution is 6.31. The molecule has 0 bridgehead atoms. The van der Waals surface area contributed by atoms with E-state index in [0.717, 1.165) is 6.07 Å². The van der Waals surface area contributed by atoms with Crippen LogP contribution in [0.5, 0.6) is 11.5 Å². The minimum Gasteiger partial charge on any atom is -0.479 e. The Hall–Kier alpha value is -3.98. The van der Waals surface area contributed by atoms with Gasteiger partial charge in [-0.3, -0.25) is 4.79 Å². The number of halogens is 4. The van der Waals surface area contributed by atoms with Crippen molar-refractivity contribution in [2.75, 3.05) is 0 Å². The predicted molar refractivity (Wildman–Crippen MR) is 127 cm³/mol. The van der Waals surface area contributed by atoms with E-state index in [1.165, 1.54) is 31.2 Å². The average Bonchev–Trinajstić information content (AvgIpc) is 3.08. The van der Waals surface area contributed by atoms with Crippen LogP contribution >= 0.6 is 11.6 Å². The number of benzene rings is 3. The molecule has 3 aromatic carbocycles. The van der Waals surface area contributed by atoms with E-state index >= 15 is 0 Å². The molecule has 1 atom stereocenters. The summed E-state index contributed by atoms with van der Waals surface area (Å²) in [6.45, 7) is 3.03. The van der Waals surface area contributed by atoms with Crippen molar-refractivity contribution in [3.8, 4) is 17.2 Å². The number of rotatable bonds is 7. The Balaban J connectivity index is 1.92. The summed E-state index contributed by atoms with van der Waals surface area (Å²) in [4.78, 5) is 24.7. The van der Waals surface area contributed by atoms with Crippen LogP contribution in [0.2, 0.25) is 5.02 Å². The highest BCUT2D eigenvalue weighted by atomic mass is 35.5. The van der Waals surface area contributed by atoms with Gasteiger partial charge in [0.2, 0.25) is 0 Å². The molecule has 1 aromatic heterocycles. The summed E-state index contributed by atoms with van der Waals surface area (Å²) in [5.74, 6) is -1.75. The second-order valence-electron chi connectivity index (χ2n) is 7.96. The molecule has 0 aliphatic heterocycles. The maximum absolute atomic E-state index is 13.5. The highest BCUT2D eigenvalue weighted by Crippen LogP contribution is 2.35. The number of hydrogen-bond acceptors (Lipinski definition) is 4. The van der Waals surface area contributed by atoms with E-state index < -0.39 is 24.2 Å². The Bertz CT molecular complexity index is 1480. The summed E-state index contributed by atoms with van der Waals surface area (Å²) in [7, 11) is 0. The quantitative estimate of drug-likeness (QED) is 0.280. The van der Waals surface area contributed by atoms with Crippen LogP contribution in [0.3, 0.4) is 0 Å². The van der Waals surface area contributed by atoms with Gasteiger partial charge in [0.15, 0.2) is 11.9 Å². The zero-order valence-corrected chi connectivity index (χ0v) is 19.7. The fraction of sp³-hybridized carbons (Fsp3) is 0.154. The van der Waals surface area contributed by atoms with Crippen LogP contribution < -0.4 is 9.47 Å². The number of aliphatic carboxylic acids is 1. The van der Waals surface area contributed by atoms with Crippen LogP contribution in [0.4, 0.5) is 13.2 Å². The predicted octanol–water partition coefficient (Wildman–Crippen LogP) is 6.57. The monoisotopic (exact) mass is 517 g/mol. The molecule has 186 valence electrons. The molecule has 10 heteroatoms. The topological polar surface area (TPSA) is 77.8 Å². The summed E-state index contributed by atoms with van der Waals surface area (Å²) in [5.41, 5.74) is 1.76. The number of fused-ring (bicyclic) bond motifs is 1. The average molecular weight is 518 g/mol. The van der Waals surface area contributed by atoms with Crippen molar-refractivity contribution in [3.63, 3.8) is 0 Å². The standard InChI is InChI=1S/C26H19ClF3NO5/c1-14-23(24(32)16-5-3-6-17(27)11-16)21-10-9-20(36-26(28,29)30)13-22(21)31(14)18-7-4-8-19(12-18)35-15(2)25(33)34/h3-13,15H,1-2H3,(H,33,34)/t15-/m1/s1. The van der Waals surface area contributed by atoms with Crippen molar-refractivity contribution >= 4 is 34.3 Å². The van der Waals surface area contributed by atoms with Gasteiger partial charge in [0, 0.05) is 39.5 Å². The van der Waals surface area contributed by atoms with Crippen molar-refractivity contribution in [1.29, 1.82) is 0 Å². The first-order valence-corrected chi connectivity index (χ1v) is 11.0. The van der Waals surface area contributed by atoms with Crippen molar-refractivity contribution in [1.82, 2.24) is 4.57 Å². The van der Waals surface area contributed by atoms with Gasteiger partial charge in [-0.25, -0.2) is 4.79 Å². The fourth-order valence-electron chi connectivity index (χ4n) is 3.94. The lowest BCUT2D eigenvalue weighted by atomic mass is 10.0. The maximum Gasteiger partial charge on any atom is 0.573 e. The zero-order chi connectivity index (χ0) is 26.2. The van der Waals surface area contributed by atoms with Crippen LogP contribution in [-0.4, -0.2) is 33.9 Å². The van der Waals surface area contributed by atoms with Gasteiger partial charge < -0.3 is 19.1 Å². The second-order valence-corrected chi connectivity index (χ2v) is 8.39. The Labute approximate surface area is 208 Å². The number of nitrogens with zero attached hydrogens (tertiary/aromatic N) is 1. The Morgan fingerprint density at radius 2 is 1.72 bits per heavy atom. The van der Waals surface area contributed by atoms with E-state index in [0.29, 0.717) is 27.4 Å². The lowest BCUT2D eigenvalue weighted by Gasteiger charge is -2.14. The van der Waals surface area contributed by atoms with E-state index in [-0.39, 0.29) is 22.6 Å². The number of hydrogen-bond donors (Lipinski definition) is 1. The van der Waals surface area contributed by atoms with Gasteiger partial charge in [0.1, 0.15) is 11.5 Å². The summed E-state index contributed by atoms with van der Waals surface area (Å²) >= 11 is 6.06. The molecule has 0 aliphatic carbocycles. The number of carbonyl (C=O) groups excluding carboxylic acids is 1. The summed E-state index contributed by atoms with van der Waals surface area (Å²) in [5, 5.41) is 9.91. The molecule has 0 saturated carbocycles. The molecule has 0 saturated heterocycles. The number of carboxylic acid groups (broad SMARTS) is 1. The van der Waals surface area contributed by atoms with E-state index in [2.05, 4.69) is 4.74 Å². The molecule has 1 N–H and O–H groups in total. The molecule has 1 heterocycles. The molecule has 4 aromatic rings. The molecule has 6 nitrogen and oxygen atoms in total. The molecular weight excluding hydrogens is 499 g/mol. The lowest BCUT2D eigenvalue weighted by Crippen LogP contribution is -2.22. The molecule has 0 spiro atoms. The summed E-state index contributed by atoms with van der Waals surface area (Å²) in [6.07, 6.45) is -6.03. The normalized spacial score (nSPS) is 12.4. The van der Waals surface area contributed by atoms with Crippen molar-refractivity contribution in [2.24, 2.45) is 0 Å². The second kappa shape index (κ2) is 9.58. The molecular formula is C26H19ClF3NO5. The maximum atomic E-state index is 13.5. The van der Waals surface area contributed by atoms with Gasteiger partial charge >= 0.3 is 12.3 Å². The van der Waals surface area contributed by atoms with E-state index in [9.17, 15) is 22.8 Å². The van der Waals surface area contributed by atoms with Crippen LogP contribution in [-0.2, 0) is 4.79 Å². The summed E-state index contributed by atoms with van der Waals surface area (Å²) < 4.78 is 49.9. The number of carboxylic acids is 1. The third-order valence-electron chi connectivity index (χ3n) is 5.46. The van der Waals surface area contributed by atoms with E-state index in [1.54, 1.807) is 47.9 Å². The van der Waals surface area contributed by atoms with Gasteiger partial charge in [0.25, 0.3) is 0 Å². The van der Waals surface area contributed by atoms with Crippen LogP contribution in [0.15, 0.2) is 66.7 Å². The number of aromatic nitrogens is 1. The highest BCUT2D eigenvalue weighted by Gasteiger charge is 2.32. The minimum absolute atomic E-state index is 0.231.